The molecular weight excluding hydrogens is 511 g/mol. The summed E-state index contributed by atoms with van der Waals surface area (Å²) in [6, 6.07) is 14.2. The molecule has 3 aromatic rings. The van der Waals surface area contributed by atoms with E-state index in [1.54, 1.807) is 25.6 Å². The molecule has 4 rings (SSSR count). The maximum absolute atomic E-state index is 14.3. The quantitative estimate of drug-likeness (QED) is 0.251. The molecule has 0 radical (unpaired) electrons. The summed E-state index contributed by atoms with van der Waals surface area (Å²) in [6.07, 6.45) is 5.56. The average molecular weight is 551 g/mol. The molecule has 1 unspecified atom stereocenters. The molecule has 2 aromatic carbocycles. The van der Waals surface area contributed by atoms with Gasteiger partial charge in [0.05, 0.1) is 32.1 Å². The van der Waals surface area contributed by atoms with Crippen molar-refractivity contribution in [3.8, 4) is 11.5 Å². The number of benzene rings is 2. The molecule has 0 aliphatic carbocycles. The lowest BCUT2D eigenvalue weighted by molar-refractivity contribution is 0.271. The number of aromatic nitrogens is 2. The third-order valence-electron chi connectivity index (χ3n) is 7.62. The number of hydrogen-bond donors (Lipinski definition) is 0. The molecule has 1 aliphatic rings. The number of methoxy groups -OCH3 is 1. The summed E-state index contributed by atoms with van der Waals surface area (Å²) in [5, 5.41) is 0.130. The first-order chi connectivity index (χ1) is 18.5. The summed E-state index contributed by atoms with van der Waals surface area (Å²) in [6.45, 7) is 14.6. The Labute approximate surface area is 232 Å². The second kappa shape index (κ2) is 11.8. The van der Waals surface area contributed by atoms with Gasteiger partial charge < -0.3 is 23.7 Å². The van der Waals surface area contributed by atoms with Gasteiger partial charge >= 0.3 is 0 Å². The molecule has 0 bridgehead atoms. The van der Waals surface area contributed by atoms with E-state index in [1.807, 2.05) is 54.6 Å². The lowest BCUT2D eigenvalue weighted by Gasteiger charge is -2.36. The maximum Gasteiger partial charge on any atom is 0.192 e. The number of rotatable bonds is 10. The van der Waals surface area contributed by atoms with Crippen LogP contribution in [0.25, 0.3) is 0 Å². The fourth-order valence-corrected chi connectivity index (χ4v) is 4.91. The largest absolute Gasteiger partial charge is 0.497 e. The van der Waals surface area contributed by atoms with E-state index >= 15 is 0 Å². The lowest BCUT2D eigenvalue weighted by Crippen LogP contribution is -2.40. The summed E-state index contributed by atoms with van der Waals surface area (Å²) in [5.74, 6) is 1.94. The van der Waals surface area contributed by atoms with Crippen molar-refractivity contribution in [3.63, 3.8) is 0 Å². The monoisotopic (exact) mass is 550 g/mol. The highest BCUT2D eigenvalue weighted by atomic mass is 28.4. The van der Waals surface area contributed by atoms with E-state index in [2.05, 4.69) is 48.7 Å². The van der Waals surface area contributed by atoms with Gasteiger partial charge in [-0.05, 0) is 61.0 Å². The number of ether oxygens (including phenoxy) is 2. The van der Waals surface area contributed by atoms with E-state index in [0.29, 0.717) is 25.6 Å². The van der Waals surface area contributed by atoms with Crippen molar-refractivity contribution in [2.24, 2.45) is 0 Å². The zero-order chi connectivity index (χ0) is 28.2. The molecule has 2 heterocycles. The summed E-state index contributed by atoms with van der Waals surface area (Å²) in [4.78, 5) is 13.1. The van der Waals surface area contributed by atoms with Crippen LogP contribution in [0.4, 0.5) is 10.2 Å². The molecule has 0 saturated heterocycles. The van der Waals surface area contributed by atoms with Crippen LogP contribution in [0.2, 0.25) is 18.1 Å². The first-order valence-corrected chi connectivity index (χ1v) is 16.1. The van der Waals surface area contributed by atoms with Crippen molar-refractivity contribution in [1.29, 1.82) is 0 Å². The van der Waals surface area contributed by atoms with Crippen LogP contribution in [-0.4, -0.2) is 37.0 Å². The molecule has 0 N–H and O–H groups in total. The van der Waals surface area contributed by atoms with Gasteiger partial charge in [0.15, 0.2) is 8.32 Å². The van der Waals surface area contributed by atoms with Crippen LogP contribution in [0, 0.1) is 5.82 Å². The smallest absolute Gasteiger partial charge is 0.192 e. The van der Waals surface area contributed by atoms with E-state index in [1.165, 1.54) is 6.07 Å². The molecule has 7 nitrogen and oxygen atoms in total. The second-order valence-corrected chi connectivity index (χ2v) is 16.1. The molecule has 1 aromatic heterocycles. The van der Waals surface area contributed by atoms with Gasteiger partial charge in [-0.15, -0.1) is 0 Å². The molecule has 39 heavy (non-hydrogen) atoms. The van der Waals surface area contributed by atoms with Crippen molar-refractivity contribution in [1.82, 2.24) is 14.9 Å². The van der Waals surface area contributed by atoms with Crippen molar-refractivity contribution in [2.45, 2.75) is 65.1 Å². The first-order valence-electron chi connectivity index (χ1n) is 13.2. The van der Waals surface area contributed by atoms with Crippen LogP contribution in [0.3, 0.4) is 0 Å². The maximum atomic E-state index is 14.3. The molecule has 9 heteroatoms. The van der Waals surface area contributed by atoms with Gasteiger partial charge in [-0.1, -0.05) is 32.9 Å². The summed E-state index contributed by atoms with van der Waals surface area (Å²) >= 11 is 0. The predicted octanol–water partition coefficient (Wildman–Crippen LogP) is 7.04. The molecule has 208 valence electrons. The number of hydrogen-bond acceptors (Lipinski definition) is 7. The van der Waals surface area contributed by atoms with Crippen LogP contribution in [0.15, 0.2) is 67.3 Å². The summed E-state index contributed by atoms with van der Waals surface area (Å²) in [5.41, 5.74) is 2.63. The third-order valence-corrected chi connectivity index (χ3v) is 12.1. The summed E-state index contributed by atoms with van der Waals surface area (Å²) < 4.78 is 32.0. The predicted molar refractivity (Wildman–Crippen MR) is 154 cm³/mol. The van der Waals surface area contributed by atoms with Gasteiger partial charge in [0.1, 0.15) is 36.1 Å². The standard InChI is InChI=1S/C30H39FN4O3Si/c1-22(27-16-24(31)10-13-28(27)37-18-23-8-11-26(36-5)12-9-23)34-14-15-35(21-34)29-17-25(32-20-33-29)19-38-39(6,7)30(2,3)4/h8-17,20,22H,18-19,21H2,1-7H3. The molecule has 0 spiro atoms. The van der Waals surface area contributed by atoms with Gasteiger partial charge in [-0.25, -0.2) is 14.4 Å². The Hall–Kier alpha value is -3.43. The number of halogens is 1. The topological polar surface area (TPSA) is 60.0 Å². The van der Waals surface area contributed by atoms with Gasteiger partial charge in [-0.3, -0.25) is 0 Å². The Balaban J connectivity index is 1.42. The van der Waals surface area contributed by atoms with E-state index in [0.717, 1.165) is 28.4 Å². The minimum absolute atomic E-state index is 0.129. The van der Waals surface area contributed by atoms with Crippen LogP contribution in [0.5, 0.6) is 11.5 Å². The molecule has 1 aliphatic heterocycles. The summed E-state index contributed by atoms with van der Waals surface area (Å²) in [7, 11) is -0.249. The molecular formula is C30H39FN4O3Si. The SMILES string of the molecule is COc1ccc(COc2ccc(F)cc2C(C)N2C=CN(c3cc(CO[Si](C)(C)C(C)(C)C)ncn3)C2)cc1. The van der Waals surface area contributed by atoms with Gasteiger partial charge in [-0.2, -0.15) is 0 Å². The minimum atomic E-state index is -1.89. The lowest BCUT2D eigenvalue weighted by atomic mass is 10.1. The van der Waals surface area contributed by atoms with Crippen LogP contribution in [0.1, 0.15) is 50.6 Å². The van der Waals surface area contributed by atoms with Crippen LogP contribution < -0.4 is 14.4 Å². The minimum Gasteiger partial charge on any atom is -0.497 e. The van der Waals surface area contributed by atoms with E-state index < -0.39 is 8.32 Å². The third kappa shape index (κ3) is 6.96. The van der Waals surface area contributed by atoms with Crippen molar-refractivity contribution >= 4 is 14.1 Å². The molecule has 0 saturated carbocycles. The Bertz CT molecular complexity index is 1290. The van der Waals surface area contributed by atoms with Gasteiger partial charge in [0.2, 0.25) is 0 Å². The normalized spacial score (nSPS) is 14.6. The zero-order valence-electron chi connectivity index (χ0n) is 23.9. The zero-order valence-corrected chi connectivity index (χ0v) is 24.9. The van der Waals surface area contributed by atoms with Gasteiger partial charge in [0, 0.05) is 24.0 Å². The highest BCUT2D eigenvalue weighted by Gasteiger charge is 2.37. The van der Waals surface area contributed by atoms with Crippen LogP contribution >= 0.6 is 0 Å². The van der Waals surface area contributed by atoms with Crippen LogP contribution in [-0.2, 0) is 17.6 Å². The molecule has 1 atom stereocenters. The average Bonchev–Trinajstić information content (AvgIpc) is 3.41. The van der Waals surface area contributed by atoms with E-state index in [4.69, 9.17) is 13.9 Å². The highest BCUT2D eigenvalue weighted by Crippen LogP contribution is 2.37. The Kier molecular flexibility index (Phi) is 8.61. The number of nitrogens with zero attached hydrogens (tertiary/aromatic N) is 4. The molecule has 0 fully saturated rings. The van der Waals surface area contributed by atoms with E-state index in [9.17, 15) is 4.39 Å². The molecule has 0 amide bonds. The van der Waals surface area contributed by atoms with Crippen molar-refractivity contribution in [3.05, 3.63) is 89.9 Å². The Morgan fingerprint density at radius 3 is 2.44 bits per heavy atom. The Morgan fingerprint density at radius 1 is 1.00 bits per heavy atom. The fourth-order valence-electron chi connectivity index (χ4n) is 3.97. The van der Waals surface area contributed by atoms with E-state index in [-0.39, 0.29) is 16.9 Å². The highest BCUT2D eigenvalue weighted by molar-refractivity contribution is 6.74. The second-order valence-electron chi connectivity index (χ2n) is 11.3. The Morgan fingerprint density at radius 2 is 1.74 bits per heavy atom. The van der Waals surface area contributed by atoms with Gasteiger partial charge in [0.25, 0.3) is 0 Å². The van der Waals surface area contributed by atoms with Crippen molar-refractivity contribution in [2.75, 3.05) is 18.7 Å². The number of anilines is 1. The van der Waals surface area contributed by atoms with Crippen molar-refractivity contribution < 1.29 is 18.3 Å². The first kappa shape index (κ1) is 28.6. The fraction of sp³-hybridized carbons (Fsp3) is 0.400.